The molecule has 0 N–H and O–H groups in total. The molecule has 0 radical (unpaired) electrons. The molecule has 0 unspecified atom stereocenters. The SMILES string of the molecule is Cc1ccc(S(=O)(=O)c2nc(C)c3c(C)cccc3n2)cc1. The van der Waals surface area contributed by atoms with E-state index in [0.29, 0.717) is 11.2 Å². The van der Waals surface area contributed by atoms with E-state index in [-0.39, 0.29) is 10.1 Å². The summed E-state index contributed by atoms with van der Waals surface area (Å²) >= 11 is 0. The summed E-state index contributed by atoms with van der Waals surface area (Å²) in [7, 11) is -3.70. The van der Waals surface area contributed by atoms with Crippen molar-refractivity contribution in [3.8, 4) is 0 Å². The minimum absolute atomic E-state index is 0.146. The van der Waals surface area contributed by atoms with Crippen molar-refractivity contribution in [1.29, 1.82) is 0 Å². The minimum atomic E-state index is -3.70. The van der Waals surface area contributed by atoms with Crippen LogP contribution in [-0.2, 0) is 9.84 Å². The standard InChI is InChI=1S/C17H16N2O2S/c1-11-7-9-14(10-8-11)22(20,21)17-18-13(3)16-12(2)5-4-6-15(16)19-17/h4-10H,1-3H3. The number of hydrogen-bond acceptors (Lipinski definition) is 4. The van der Waals surface area contributed by atoms with Crippen molar-refractivity contribution in [3.63, 3.8) is 0 Å². The van der Waals surface area contributed by atoms with Gasteiger partial charge in [-0.2, -0.15) is 0 Å². The number of aryl methyl sites for hydroxylation is 3. The fourth-order valence-electron chi connectivity index (χ4n) is 2.49. The number of hydrogen-bond donors (Lipinski definition) is 0. The molecule has 0 saturated carbocycles. The van der Waals surface area contributed by atoms with Gasteiger partial charge in [0.2, 0.25) is 9.84 Å². The molecule has 5 heteroatoms. The van der Waals surface area contributed by atoms with E-state index in [2.05, 4.69) is 9.97 Å². The number of sulfone groups is 1. The lowest BCUT2D eigenvalue weighted by molar-refractivity contribution is 0.587. The van der Waals surface area contributed by atoms with Crippen LogP contribution in [0.15, 0.2) is 52.5 Å². The van der Waals surface area contributed by atoms with E-state index < -0.39 is 9.84 Å². The van der Waals surface area contributed by atoms with Gasteiger partial charge in [-0.1, -0.05) is 29.8 Å². The van der Waals surface area contributed by atoms with Gasteiger partial charge in [-0.05, 0) is 44.5 Å². The van der Waals surface area contributed by atoms with Gasteiger partial charge in [0, 0.05) is 5.39 Å². The third-order valence-electron chi connectivity index (χ3n) is 3.66. The van der Waals surface area contributed by atoms with E-state index in [1.54, 1.807) is 24.3 Å². The molecule has 0 aliphatic heterocycles. The molecular weight excluding hydrogens is 296 g/mol. The minimum Gasteiger partial charge on any atom is -0.223 e. The molecule has 22 heavy (non-hydrogen) atoms. The Hall–Kier alpha value is -2.27. The first-order valence-electron chi connectivity index (χ1n) is 6.95. The summed E-state index contributed by atoms with van der Waals surface area (Å²) in [6, 6.07) is 12.4. The molecule has 0 amide bonds. The quantitative estimate of drug-likeness (QED) is 0.681. The number of aromatic nitrogens is 2. The average Bonchev–Trinajstić information content (AvgIpc) is 2.47. The lowest BCUT2D eigenvalue weighted by Crippen LogP contribution is -2.09. The monoisotopic (exact) mass is 312 g/mol. The van der Waals surface area contributed by atoms with Crippen LogP contribution in [0, 0.1) is 20.8 Å². The zero-order valence-electron chi connectivity index (χ0n) is 12.7. The van der Waals surface area contributed by atoms with Crippen LogP contribution in [0.5, 0.6) is 0 Å². The van der Waals surface area contributed by atoms with Crippen molar-refractivity contribution >= 4 is 20.7 Å². The van der Waals surface area contributed by atoms with Crippen molar-refractivity contribution in [2.24, 2.45) is 0 Å². The summed E-state index contributed by atoms with van der Waals surface area (Å²) in [5, 5.41) is 0.761. The smallest absolute Gasteiger partial charge is 0.223 e. The lowest BCUT2D eigenvalue weighted by atomic mass is 10.1. The first-order valence-corrected chi connectivity index (χ1v) is 8.43. The number of benzene rings is 2. The molecule has 3 aromatic rings. The summed E-state index contributed by atoms with van der Waals surface area (Å²) in [6.45, 7) is 5.69. The Morgan fingerprint density at radius 2 is 1.55 bits per heavy atom. The Balaban J connectivity index is 2.24. The molecule has 0 spiro atoms. The van der Waals surface area contributed by atoms with Crippen LogP contribution in [0.2, 0.25) is 0 Å². The second-order valence-electron chi connectivity index (χ2n) is 5.38. The van der Waals surface area contributed by atoms with Gasteiger partial charge in [0.25, 0.3) is 5.16 Å². The Kier molecular flexibility index (Phi) is 3.45. The van der Waals surface area contributed by atoms with Crippen LogP contribution < -0.4 is 0 Å². The zero-order chi connectivity index (χ0) is 15.9. The molecule has 112 valence electrons. The first kappa shape index (κ1) is 14.7. The molecule has 0 aliphatic carbocycles. The summed E-state index contributed by atoms with van der Waals surface area (Å²) in [5.74, 6) is 0. The number of nitrogens with zero attached hydrogens (tertiary/aromatic N) is 2. The van der Waals surface area contributed by atoms with Crippen LogP contribution in [-0.4, -0.2) is 18.4 Å². The maximum atomic E-state index is 12.7. The largest absolute Gasteiger partial charge is 0.252 e. The van der Waals surface area contributed by atoms with Gasteiger partial charge in [-0.25, -0.2) is 18.4 Å². The molecule has 4 nitrogen and oxygen atoms in total. The van der Waals surface area contributed by atoms with Crippen molar-refractivity contribution in [3.05, 3.63) is 59.3 Å². The Morgan fingerprint density at radius 3 is 2.23 bits per heavy atom. The Labute approximate surface area is 129 Å². The zero-order valence-corrected chi connectivity index (χ0v) is 13.5. The van der Waals surface area contributed by atoms with E-state index >= 15 is 0 Å². The molecule has 0 fully saturated rings. The van der Waals surface area contributed by atoms with Gasteiger partial charge < -0.3 is 0 Å². The van der Waals surface area contributed by atoms with Crippen molar-refractivity contribution < 1.29 is 8.42 Å². The van der Waals surface area contributed by atoms with E-state index in [0.717, 1.165) is 16.5 Å². The summed E-state index contributed by atoms with van der Waals surface area (Å²) < 4.78 is 25.4. The van der Waals surface area contributed by atoms with Crippen molar-refractivity contribution in [2.45, 2.75) is 30.8 Å². The highest BCUT2D eigenvalue weighted by Crippen LogP contribution is 2.24. The van der Waals surface area contributed by atoms with Gasteiger partial charge in [-0.3, -0.25) is 0 Å². The fraction of sp³-hybridized carbons (Fsp3) is 0.176. The number of rotatable bonds is 2. The molecule has 3 rings (SSSR count). The normalized spacial score (nSPS) is 11.8. The highest BCUT2D eigenvalue weighted by molar-refractivity contribution is 7.91. The third-order valence-corrected chi connectivity index (χ3v) is 5.22. The molecule has 0 saturated heterocycles. The molecular formula is C17H16N2O2S. The predicted molar refractivity (Wildman–Crippen MR) is 85.6 cm³/mol. The Bertz CT molecular complexity index is 962. The van der Waals surface area contributed by atoms with Gasteiger partial charge in [0.15, 0.2) is 0 Å². The van der Waals surface area contributed by atoms with Gasteiger partial charge in [-0.15, -0.1) is 0 Å². The van der Waals surface area contributed by atoms with Gasteiger partial charge in [0.05, 0.1) is 16.1 Å². The highest BCUT2D eigenvalue weighted by Gasteiger charge is 2.22. The van der Waals surface area contributed by atoms with Crippen molar-refractivity contribution in [1.82, 2.24) is 9.97 Å². The average molecular weight is 312 g/mol. The van der Waals surface area contributed by atoms with E-state index in [9.17, 15) is 8.42 Å². The highest BCUT2D eigenvalue weighted by atomic mass is 32.2. The lowest BCUT2D eigenvalue weighted by Gasteiger charge is -2.08. The molecule has 2 aromatic carbocycles. The molecule has 1 heterocycles. The maximum absolute atomic E-state index is 12.7. The first-order chi connectivity index (χ1) is 10.4. The van der Waals surface area contributed by atoms with Crippen LogP contribution in [0.4, 0.5) is 0 Å². The van der Waals surface area contributed by atoms with E-state index in [4.69, 9.17) is 0 Å². The van der Waals surface area contributed by atoms with E-state index in [1.807, 2.05) is 39.0 Å². The topological polar surface area (TPSA) is 59.9 Å². The van der Waals surface area contributed by atoms with E-state index in [1.165, 1.54) is 0 Å². The number of fused-ring (bicyclic) bond motifs is 1. The molecule has 0 atom stereocenters. The fourth-order valence-corrected chi connectivity index (χ4v) is 3.67. The van der Waals surface area contributed by atoms with Crippen LogP contribution in [0.25, 0.3) is 10.9 Å². The second kappa shape index (κ2) is 5.18. The third kappa shape index (κ3) is 2.37. The second-order valence-corrected chi connectivity index (χ2v) is 7.22. The summed E-state index contributed by atoms with van der Waals surface area (Å²) in [5.41, 5.74) is 3.37. The van der Waals surface area contributed by atoms with Crippen LogP contribution in [0.1, 0.15) is 16.8 Å². The molecule has 0 aliphatic rings. The summed E-state index contributed by atoms with van der Waals surface area (Å²) in [6.07, 6.45) is 0. The summed E-state index contributed by atoms with van der Waals surface area (Å²) in [4.78, 5) is 8.71. The molecule has 1 aromatic heterocycles. The Morgan fingerprint density at radius 1 is 0.864 bits per heavy atom. The van der Waals surface area contributed by atoms with Crippen LogP contribution in [0.3, 0.4) is 0 Å². The van der Waals surface area contributed by atoms with Gasteiger partial charge >= 0.3 is 0 Å². The maximum Gasteiger partial charge on any atom is 0.252 e. The van der Waals surface area contributed by atoms with Crippen LogP contribution >= 0.6 is 0 Å². The van der Waals surface area contributed by atoms with Crippen molar-refractivity contribution in [2.75, 3.05) is 0 Å². The molecule has 0 bridgehead atoms. The van der Waals surface area contributed by atoms with Gasteiger partial charge in [0.1, 0.15) is 0 Å². The predicted octanol–water partition coefficient (Wildman–Crippen LogP) is 3.39.